The lowest BCUT2D eigenvalue weighted by Crippen LogP contribution is -2.43. The van der Waals surface area contributed by atoms with Crippen molar-refractivity contribution in [3.8, 4) is 11.4 Å². The van der Waals surface area contributed by atoms with Crippen molar-refractivity contribution in [2.75, 3.05) is 0 Å². The predicted octanol–water partition coefficient (Wildman–Crippen LogP) is 2.68. The van der Waals surface area contributed by atoms with Gasteiger partial charge in [-0.15, -0.1) is 10.2 Å². The number of Topliss-reactive ketones (excluding diaryl/α,β-unsaturated/α-hetero) is 1. The molecule has 7 nitrogen and oxygen atoms in total. The van der Waals surface area contributed by atoms with E-state index in [2.05, 4.69) is 20.7 Å². The van der Waals surface area contributed by atoms with Gasteiger partial charge >= 0.3 is 6.18 Å². The van der Waals surface area contributed by atoms with E-state index in [4.69, 9.17) is 0 Å². The van der Waals surface area contributed by atoms with E-state index in [1.54, 1.807) is 0 Å². The Labute approximate surface area is 169 Å². The molecule has 0 radical (unpaired) electrons. The number of alkyl halides is 3. The smallest absolute Gasteiger partial charge is 0.344 e. The molecule has 1 atom stereocenters. The zero-order valence-corrected chi connectivity index (χ0v) is 15.9. The Bertz CT molecular complexity index is 1030. The Balaban J connectivity index is 1.66. The summed E-state index contributed by atoms with van der Waals surface area (Å²) in [5.74, 6) is -0.760. The number of hydrogen-bond acceptors (Lipinski definition) is 5. The average molecular weight is 417 g/mol. The Morgan fingerprint density at radius 2 is 1.83 bits per heavy atom. The third kappa shape index (κ3) is 5.49. The molecule has 0 aliphatic carbocycles. The normalized spacial score (nSPS) is 12.4. The minimum Gasteiger partial charge on any atom is -0.344 e. The van der Waals surface area contributed by atoms with Crippen LogP contribution in [-0.4, -0.2) is 37.9 Å². The maximum absolute atomic E-state index is 12.9. The van der Waals surface area contributed by atoms with Crippen molar-refractivity contribution < 1.29 is 22.8 Å². The predicted molar refractivity (Wildman–Crippen MR) is 101 cm³/mol. The van der Waals surface area contributed by atoms with Crippen LogP contribution in [0.3, 0.4) is 0 Å². The molecule has 0 aliphatic heterocycles. The highest BCUT2D eigenvalue weighted by Gasteiger charge is 2.30. The van der Waals surface area contributed by atoms with Gasteiger partial charge in [-0.05, 0) is 36.3 Å². The lowest BCUT2D eigenvalue weighted by molar-refractivity contribution is -0.137. The molecule has 156 valence electrons. The quantitative estimate of drug-likeness (QED) is 0.639. The van der Waals surface area contributed by atoms with E-state index in [1.807, 2.05) is 30.3 Å². The number of carbonyl (C=O) groups is 2. The van der Waals surface area contributed by atoms with Crippen LogP contribution in [0.4, 0.5) is 13.2 Å². The topological polar surface area (TPSA) is 89.8 Å². The van der Waals surface area contributed by atoms with Gasteiger partial charge < -0.3 is 5.32 Å². The third-order valence-electron chi connectivity index (χ3n) is 4.29. The largest absolute Gasteiger partial charge is 0.416 e. The fraction of sp³-hybridized carbons (Fsp3) is 0.250. The number of benzene rings is 2. The first-order valence-electron chi connectivity index (χ1n) is 9.01. The maximum Gasteiger partial charge on any atom is 0.416 e. The van der Waals surface area contributed by atoms with Crippen LogP contribution in [0.5, 0.6) is 0 Å². The fourth-order valence-electron chi connectivity index (χ4n) is 2.77. The van der Waals surface area contributed by atoms with E-state index in [1.165, 1.54) is 19.1 Å². The molecule has 0 saturated carbocycles. The van der Waals surface area contributed by atoms with E-state index in [0.29, 0.717) is 6.42 Å². The van der Waals surface area contributed by atoms with Crippen LogP contribution in [0.1, 0.15) is 18.1 Å². The highest BCUT2D eigenvalue weighted by Crippen LogP contribution is 2.31. The number of nitrogens with one attached hydrogen (secondary N) is 1. The standard InChI is InChI=1S/C20H18F3N5O2/c1-13(29)17(10-14-6-3-2-4-7-14)24-18(30)12-28-26-19(25-27-28)15-8-5-9-16(11-15)20(21,22)23/h2-9,11,17H,10,12H2,1H3,(H,24,30)/t17-/m1/s1. The van der Waals surface area contributed by atoms with Gasteiger partial charge in [0.2, 0.25) is 11.7 Å². The summed E-state index contributed by atoms with van der Waals surface area (Å²) in [6.07, 6.45) is -4.16. The molecule has 1 heterocycles. The first-order chi connectivity index (χ1) is 14.2. The van der Waals surface area contributed by atoms with Crippen LogP contribution >= 0.6 is 0 Å². The first kappa shape index (κ1) is 21.2. The maximum atomic E-state index is 12.9. The molecule has 0 saturated heterocycles. The van der Waals surface area contributed by atoms with Crippen LogP contribution in [0, 0.1) is 0 Å². The fourth-order valence-corrected chi connectivity index (χ4v) is 2.77. The monoisotopic (exact) mass is 417 g/mol. The number of ketones is 1. The van der Waals surface area contributed by atoms with Crippen molar-refractivity contribution >= 4 is 11.7 Å². The summed E-state index contributed by atoms with van der Waals surface area (Å²) in [5.41, 5.74) is 0.185. The SMILES string of the molecule is CC(=O)[C@@H](Cc1ccccc1)NC(=O)Cn1nnc(-c2cccc(C(F)(F)F)c2)n1. The van der Waals surface area contributed by atoms with Crippen LogP contribution < -0.4 is 5.32 Å². The minimum absolute atomic E-state index is 0.0405. The molecule has 2 aromatic carbocycles. The summed E-state index contributed by atoms with van der Waals surface area (Å²) in [5, 5.41) is 14.0. The van der Waals surface area contributed by atoms with Crippen molar-refractivity contribution in [3.63, 3.8) is 0 Å². The molecular weight excluding hydrogens is 399 g/mol. The van der Waals surface area contributed by atoms with Crippen molar-refractivity contribution in [2.24, 2.45) is 0 Å². The van der Waals surface area contributed by atoms with Crippen molar-refractivity contribution in [2.45, 2.75) is 32.1 Å². The molecule has 30 heavy (non-hydrogen) atoms. The van der Waals surface area contributed by atoms with E-state index in [9.17, 15) is 22.8 Å². The summed E-state index contributed by atoms with van der Waals surface area (Å²) >= 11 is 0. The molecule has 1 N–H and O–H groups in total. The van der Waals surface area contributed by atoms with Gasteiger partial charge in [-0.1, -0.05) is 42.5 Å². The van der Waals surface area contributed by atoms with Gasteiger partial charge in [-0.25, -0.2) is 0 Å². The van der Waals surface area contributed by atoms with Gasteiger partial charge in [-0.2, -0.15) is 18.0 Å². The molecule has 1 aromatic heterocycles. The number of hydrogen-bond donors (Lipinski definition) is 1. The molecule has 0 fully saturated rings. The Hall–Kier alpha value is -3.56. The second-order valence-corrected chi connectivity index (χ2v) is 6.64. The average Bonchev–Trinajstić information content (AvgIpc) is 3.16. The third-order valence-corrected chi connectivity index (χ3v) is 4.29. The zero-order chi connectivity index (χ0) is 21.7. The first-order valence-corrected chi connectivity index (χ1v) is 9.01. The van der Waals surface area contributed by atoms with Gasteiger partial charge in [0.1, 0.15) is 6.54 Å². The van der Waals surface area contributed by atoms with Crippen molar-refractivity contribution in [3.05, 3.63) is 65.7 Å². The van der Waals surface area contributed by atoms with Crippen molar-refractivity contribution in [1.82, 2.24) is 25.5 Å². The molecule has 0 aliphatic rings. The highest BCUT2D eigenvalue weighted by atomic mass is 19.4. The number of amides is 1. The molecule has 0 unspecified atom stereocenters. The molecule has 1 amide bonds. The molecule has 3 aromatic rings. The zero-order valence-electron chi connectivity index (χ0n) is 15.9. The summed E-state index contributed by atoms with van der Waals surface area (Å²) in [6, 6.07) is 13.0. The summed E-state index contributed by atoms with van der Waals surface area (Å²) in [7, 11) is 0. The van der Waals surface area contributed by atoms with E-state index >= 15 is 0 Å². The molecule has 3 rings (SSSR count). The lowest BCUT2D eigenvalue weighted by Gasteiger charge is -2.15. The summed E-state index contributed by atoms with van der Waals surface area (Å²) in [6.45, 7) is 1.05. The molecule has 0 spiro atoms. The lowest BCUT2D eigenvalue weighted by atomic mass is 10.0. The number of carbonyl (C=O) groups excluding carboxylic acids is 2. The van der Waals surface area contributed by atoms with E-state index < -0.39 is 23.7 Å². The minimum atomic E-state index is -4.49. The van der Waals surface area contributed by atoms with Crippen LogP contribution in [-0.2, 0) is 28.7 Å². The Morgan fingerprint density at radius 3 is 2.50 bits per heavy atom. The summed E-state index contributed by atoms with van der Waals surface area (Å²) in [4.78, 5) is 25.2. The van der Waals surface area contributed by atoms with Gasteiger partial charge in [0.15, 0.2) is 5.78 Å². The van der Waals surface area contributed by atoms with Crippen LogP contribution in [0.2, 0.25) is 0 Å². The van der Waals surface area contributed by atoms with Crippen LogP contribution in [0.15, 0.2) is 54.6 Å². The van der Waals surface area contributed by atoms with Gasteiger partial charge in [0.25, 0.3) is 0 Å². The number of tetrazole rings is 1. The second kappa shape index (κ2) is 8.85. The number of nitrogens with zero attached hydrogens (tertiary/aromatic N) is 4. The van der Waals surface area contributed by atoms with Gasteiger partial charge in [-0.3, -0.25) is 9.59 Å². The summed E-state index contributed by atoms with van der Waals surface area (Å²) < 4.78 is 38.6. The molecule has 10 heteroatoms. The van der Waals surface area contributed by atoms with Crippen molar-refractivity contribution in [1.29, 1.82) is 0 Å². The number of halogens is 3. The number of aromatic nitrogens is 4. The second-order valence-electron chi connectivity index (χ2n) is 6.64. The molecular formula is C20H18F3N5O2. The van der Waals surface area contributed by atoms with Gasteiger partial charge in [0, 0.05) is 5.56 Å². The Kier molecular flexibility index (Phi) is 6.24. The van der Waals surface area contributed by atoms with Gasteiger partial charge in [0.05, 0.1) is 11.6 Å². The van der Waals surface area contributed by atoms with E-state index in [-0.39, 0.29) is 23.7 Å². The highest BCUT2D eigenvalue weighted by molar-refractivity contribution is 5.87. The van der Waals surface area contributed by atoms with E-state index in [0.717, 1.165) is 22.5 Å². The molecule has 0 bridgehead atoms. The Morgan fingerprint density at radius 1 is 1.10 bits per heavy atom. The van der Waals surface area contributed by atoms with Crippen LogP contribution in [0.25, 0.3) is 11.4 Å². The number of rotatable bonds is 7.